The molecule has 3 atom stereocenters. The lowest BCUT2D eigenvalue weighted by molar-refractivity contribution is -0.148. The Balaban J connectivity index is 1.74. The molecule has 0 radical (unpaired) electrons. The summed E-state index contributed by atoms with van der Waals surface area (Å²) < 4.78 is 5.65. The van der Waals surface area contributed by atoms with E-state index >= 15 is 0 Å². The van der Waals surface area contributed by atoms with E-state index in [-0.39, 0.29) is 36.7 Å². The summed E-state index contributed by atoms with van der Waals surface area (Å²) in [7, 11) is 0. The summed E-state index contributed by atoms with van der Waals surface area (Å²) in [6.45, 7) is 7.51. The Morgan fingerprint density at radius 1 is 0.811 bits per heavy atom. The van der Waals surface area contributed by atoms with Crippen molar-refractivity contribution >= 4 is 18.0 Å². The third-order valence-corrected chi connectivity index (χ3v) is 7.91. The van der Waals surface area contributed by atoms with Crippen LogP contribution < -0.4 is 0 Å². The molecule has 0 spiro atoms. The number of carbonyl (C=O) groups is 3. The van der Waals surface area contributed by atoms with Crippen LogP contribution in [0.3, 0.4) is 0 Å². The molecule has 2 bridgehead atoms. The maximum Gasteiger partial charge on any atom is 0.410 e. The van der Waals surface area contributed by atoms with Gasteiger partial charge in [0.1, 0.15) is 12.1 Å². The van der Waals surface area contributed by atoms with E-state index in [1.165, 1.54) is 64.2 Å². The van der Waals surface area contributed by atoms with Gasteiger partial charge in [-0.05, 0) is 52.9 Å². The first-order chi connectivity index (χ1) is 17.6. The molecule has 3 unspecified atom stereocenters. The van der Waals surface area contributed by atoms with Gasteiger partial charge in [0.05, 0.1) is 12.1 Å². The fourth-order valence-electron chi connectivity index (χ4n) is 6.07. The van der Waals surface area contributed by atoms with Crippen LogP contribution in [0.5, 0.6) is 0 Å². The number of hydrogen-bond acceptors (Lipinski definition) is 4. The molecule has 2 fully saturated rings. The van der Waals surface area contributed by atoms with Crippen molar-refractivity contribution in [2.75, 3.05) is 6.54 Å². The molecular formula is C30H54N2O5. The molecule has 0 aliphatic carbocycles. The van der Waals surface area contributed by atoms with Crippen LogP contribution in [0.4, 0.5) is 4.79 Å². The van der Waals surface area contributed by atoms with Crippen molar-refractivity contribution in [3.8, 4) is 0 Å². The molecule has 0 aromatic rings. The van der Waals surface area contributed by atoms with Crippen molar-refractivity contribution in [3.63, 3.8) is 0 Å². The van der Waals surface area contributed by atoms with E-state index in [9.17, 15) is 19.5 Å². The van der Waals surface area contributed by atoms with Crippen molar-refractivity contribution in [3.05, 3.63) is 0 Å². The second-order valence-corrected chi connectivity index (χ2v) is 12.2. The molecule has 2 saturated heterocycles. The number of carbonyl (C=O) groups excluding carboxylic acids is 2. The third-order valence-electron chi connectivity index (χ3n) is 7.91. The normalized spacial score (nSPS) is 21.2. The Hall–Kier alpha value is -1.79. The first kappa shape index (κ1) is 31.4. The average Bonchev–Trinajstić information content (AvgIpc) is 3.13. The molecule has 1 N–H and O–H groups in total. The maximum atomic E-state index is 13.2. The second-order valence-electron chi connectivity index (χ2n) is 12.2. The van der Waals surface area contributed by atoms with Crippen LogP contribution in [0.25, 0.3) is 0 Å². The van der Waals surface area contributed by atoms with Gasteiger partial charge in [-0.2, -0.15) is 0 Å². The number of rotatable bonds is 17. The van der Waals surface area contributed by atoms with Crippen molar-refractivity contribution in [2.45, 2.75) is 167 Å². The predicted molar refractivity (Wildman–Crippen MR) is 148 cm³/mol. The summed E-state index contributed by atoms with van der Waals surface area (Å²) in [4.78, 5) is 41.1. The number of carboxylic acids is 1. The Kier molecular flexibility index (Phi) is 13.8. The van der Waals surface area contributed by atoms with Crippen molar-refractivity contribution in [1.82, 2.24) is 9.80 Å². The molecule has 0 aromatic heterocycles. The number of amides is 2. The molecule has 7 nitrogen and oxygen atoms in total. The number of aliphatic carboxylic acids is 1. The fourth-order valence-corrected chi connectivity index (χ4v) is 6.07. The number of carboxylic acid groups (broad SMARTS) is 1. The van der Waals surface area contributed by atoms with Gasteiger partial charge in [0.15, 0.2) is 0 Å². The molecule has 2 aliphatic rings. The zero-order valence-corrected chi connectivity index (χ0v) is 24.1. The maximum absolute atomic E-state index is 13.2. The van der Waals surface area contributed by atoms with Crippen molar-refractivity contribution < 1.29 is 24.2 Å². The summed E-state index contributed by atoms with van der Waals surface area (Å²) >= 11 is 0. The number of hydrogen-bond donors (Lipinski definition) is 1. The zero-order valence-electron chi connectivity index (χ0n) is 24.1. The Bertz CT molecular complexity index is 705. The Morgan fingerprint density at radius 3 is 1.84 bits per heavy atom. The average molecular weight is 523 g/mol. The molecule has 7 heteroatoms. The van der Waals surface area contributed by atoms with Crippen LogP contribution in [0.1, 0.15) is 143 Å². The minimum Gasteiger partial charge on any atom is -0.480 e. The lowest BCUT2D eigenvalue weighted by Crippen LogP contribution is -2.59. The van der Waals surface area contributed by atoms with Crippen LogP contribution in [-0.2, 0) is 14.3 Å². The van der Waals surface area contributed by atoms with E-state index in [0.717, 1.165) is 44.9 Å². The quantitative estimate of drug-likeness (QED) is 0.202. The van der Waals surface area contributed by atoms with Gasteiger partial charge in [-0.25, -0.2) is 4.79 Å². The lowest BCUT2D eigenvalue weighted by Gasteiger charge is -2.44. The number of nitrogens with zero attached hydrogens (tertiary/aromatic N) is 2. The van der Waals surface area contributed by atoms with Crippen LogP contribution in [0, 0.1) is 0 Å². The minimum absolute atomic E-state index is 0.0926. The van der Waals surface area contributed by atoms with Crippen LogP contribution in [0.2, 0.25) is 0 Å². The summed E-state index contributed by atoms with van der Waals surface area (Å²) in [6, 6.07) is -0.292. The number of unbranched alkanes of at least 4 members (excludes halogenated alkanes) is 12. The molecule has 2 amide bonds. The van der Waals surface area contributed by atoms with E-state index in [1.54, 1.807) is 9.80 Å². The monoisotopic (exact) mass is 522 g/mol. The zero-order chi connectivity index (χ0) is 27.3. The first-order valence-corrected chi connectivity index (χ1v) is 15.2. The molecule has 0 aromatic carbocycles. The van der Waals surface area contributed by atoms with E-state index in [0.29, 0.717) is 6.42 Å². The molecule has 2 aliphatic heterocycles. The molecule has 2 rings (SSSR count). The topological polar surface area (TPSA) is 87.2 Å². The van der Waals surface area contributed by atoms with E-state index in [4.69, 9.17) is 4.74 Å². The van der Waals surface area contributed by atoms with Crippen LogP contribution in [0.15, 0.2) is 0 Å². The predicted octanol–water partition coefficient (Wildman–Crippen LogP) is 7.31. The Labute approximate surface area is 225 Å². The SMILES string of the molecule is CCCCCCCCCCCCCCCC(=O)N(CC(=O)O)C1CCC2CCC1N2C(=O)OC(C)(C)C. The smallest absolute Gasteiger partial charge is 0.410 e. The van der Waals surface area contributed by atoms with Gasteiger partial charge in [-0.3, -0.25) is 9.59 Å². The van der Waals surface area contributed by atoms with E-state index in [1.807, 2.05) is 20.8 Å². The molecule has 37 heavy (non-hydrogen) atoms. The first-order valence-electron chi connectivity index (χ1n) is 15.2. The highest BCUT2D eigenvalue weighted by Gasteiger charge is 2.49. The van der Waals surface area contributed by atoms with E-state index < -0.39 is 11.6 Å². The van der Waals surface area contributed by atoms with Crippen molar-refractivity contribution in [2.24, 2.45) is 0 Å². The third kappa shape index (κ3) is 11.2. The minimum atomic E-state index is -0.998. The van der Waals surface area contributed by atoms with Gasteiger partial charge in [0.2, 0.25) is 5.91 Å². The standard InChI is InChI=1S/C30H54N2O5/c1-5-6-7-8-9-10-11-12-13-14-15-16-17-18-27(33)31(23-28(34)35)25-21-19-24-20-22-26(25)32(24)29(36)37-30(2,3)4/h24-26H,5-23H2,1-4H3,(H,34,35). The van der Waals surface area contributed by atoms with Gasteiger partial charge in [-0.1, -0.05) is 84.0 Å². The van der Waals surface area contributed by atoms with Gasteiger partial charge in [0, 0.05) is 12.5 Å². The van der Waals surface area contributed by atoms with Gasteiger partial charge < -0.3 is 19.6 Å². The van der Waals surface area contributed by atoms with Gasteiger partial charge in [0.25, 0.3) is 0 Å². The summed E-state index contributed by atoms with van der Waals surface area (Å²) in [6.07, 6.45) is 19.4. The van der Waals surface area contributed by atoms with Gasteiger partial charge >= 0.3 is 12.1 Å². The van der Waals surface area contributed by atoms with Crippen LogP contribution in [-0.4, -0.2) is 63.1 Å². The van der Waals surface area contributed by atoms with E-state index in [2.05, 4.69) is 6.92 Å². The number of piperidine rings is 1. The highest BCUT2D eigenvalue weighted by molar-refractivity contribution is 5.82. The molecule has 214 valence electrons. The lowest BCUT2D eigenvalue weighted by atomic mass is 9.95. The number of fused-ring (bicyclic) bond motifs is 2. The highest BCUT2D eigenvalue weighted by Crippen LogP contribution is 2.39. The summed E-state index contributed by atoms with van der Waals surface area (Å²) in [5.41, 5.74) is -0.589. The Morgan fingerprint density at radius 2 is 1.32 bits per heavy atom. The van der Waals surface area contributed by atoms with Crippen molar-refractivity contribution in [1.29, 1.82) is 0 Å². The molecule has 0 saturated carbocycles. The fraction of sp³-hybridized carbons (Fsp3) is 0.900. The summed E-state index contributed by atoms with van der Waals surface area (Å²) in [5, 5.41) is 9.55. The largest absolute Gasteiger partial charge is 0.480 e. The van der Waals surface area contributed by atoms with Gasteiger partial charge in [-0.15, -0.1) is 0 Å². The molecule has 2 heterocycles. The highest BCUT2D eigenvalue weighted by atomic mass is 16.6. The second kappa shape index (κ2) is 16.2. The summed E-state index contributed by atoms with van der Waals surface area (Å²) in [5.74, 6) is -1.09. The van der Waals surface area contributed by atoms with Crippen LogP contribution >= 0.6 is 0 Å². The molecular weight excluding hydrogens is 468 g/mol. The number of ether oxygens (including phenoxy) is 1.